The molecule has 102 valence electrons. The Bertz CT molecular complexity index is 542. The molecule has 0 amide bonds. The van der Waals surface area contributed by atoms with Gasteiger partial charge in [-0.1, -0.05) is 30.1 Å². The molecule has 0 fully saturated rings. The van der Waals surface area contributed by atoms with Crippen molar-refractivity contribution in [2.24, 2.45) is 0 Å². The summed E-state index contributed by atoms with van der Waals surface area (Å²) in [5, 5.41) is 4.50. The Morgan fingerprint density at radius 2 is 1.95 bits per heavy atom. The molecule has 1 heterocycles. The van der Waals surface area contributed by atoms with Gasteiger partial charge in [0.15, 0.2) is 0 Å². The van der Waals surface area contributed by atoms with Crippen molar-refractivity contribution in [3.05, 3.63) is 50.1 Å². The van der Waals surface area contributed by atoms with E-state index in [-0.39, 0.29) is 0 Å². The van der Waals surface area contributed by atoms with Gasteiger partial charge in [-0.25, -0.2) is 0 Å². The first-order valence-electron chi connectivity index (χ1n) is 6.05. The Labute approximate surface area is 127 Å². The highest BCUT2D eigenvalue weighted by atomic mass is 35.5. The first-order chi connectivity index (χ1) is 9.19. The van der Waals surface area contributed by atoms with Gasteiger partial charge >= 0.3 is 0 Å². The predicted molar refractivity (Wildman–Crippen MR) is 82.5 cm³/mol. The molecule has 0 radical (unpaired) electrons. The van der Waals surface area contributed by atoms with E-state index in [1.165, 1.54) is 9.75 Å². The minimum absolute atomic E-state index is 0.511. The van der Waals surface area contributed by atoms with Gasteiger partial charge < -0.3 is 10.1 Å². The molecular weight excluding hydrogens is 301 g/mol. The van der Waals surface area contributed by atoms with Crippen molar-refractivity contribution in [2.75, 3.05) is 6.54 Å². The zero-order chi connectivity index (χ0) is 13.7. The van der Waals surface area contributed by atoms with Crippen LogP contribution >= 0.6 is 34.5 Å². The quantitative estimate of drug-likeness (QED) is 0.831. The van der Waals surface area contributed by atoms with E-state index in [1.54, 1.807) is 29.5 Å². The van der Waals surface area contributed by atoms with Crippen LogP contribution in [0.25, 0.3) is 0 Å². The van der Waals surface area contributed by atoms with E-state index in [9.17, 15) is 0 Å². The fourth-order valence-electron chi connectivity index (χ4n) is 1.58. The van der Waals surface area contributed by atoms with Gasteiger partial charge in [0.05, 0.1) is 5.02 Å². The molecule has 1 aromatic carbocycles. The van der Waals surface area contributed by atoms with E-state index in [1.807, 2.05) is 0 Å². The Morgan fingerprint density at radius 1 is 1.16 bits per heavy atom. The van der Waals surface area contributed by atoms with Crippen LogP contribution in [0.3, 0.4) is 0 Å². The highest BCUT2D eigenvalue weighted by molar-refractivity contribution is 7.11. The molecule has 19 heavy (non-hydrogen) atoms. The summed E-state index contributed by atoms with van der Waals surface area (Å²) in [6.07, 6.45) is 0. The Hall–Kier alpha value is -0.740. The standard InChI is InChI=1S/C14H15Cl2NOS/c1-2-17-8-11-4-5-12(19-11)9-18-14-7-10(15)3-6-13(14)16/h3-7,17H,2,8-9H2,1H3. The van der Waals surface area contributed by atoms with Crippen LogP contribution in [0.5, 0.6) is 5.75 Å². The van der Waals surface area contributed by atoms with Gasteiger partial charge in [-0.05, 0) is 30.8 Å². The highest BCUT2D eigenvalue weighted by Crippen LogP contribution is 2.29. The minimum atomic E-state index is 0.511. The van der Waals surface area contributed by atoms with Crippen LogP contribution in [0.1, 0.15) is 16.7 Å². The Kier molecular flexibility index (Phi) is 5.52. The lowest BCUT2D eigenvalue weighted by Crippen LogP contribution is -2.10. The van der Waals surface area contributed by atoms with Gasteiger partial charge in [-0.3, -0.25) is 0 Å². The molecular formula is C14H15Cl2NOS. The highest BCUT2D eigenvalue weighted by Gasteiger charge is 2.05. The molecule has 0 bridgehead atoms. The van der Waals surface area contributed by atoms with Gasteiger partial charge in [0, 0.05) is 27.4 Å². The molecule has 0 saturated heterocycles. The molecule has 1 aromatic heterocycles. The van der Waals surface area contributed by atoms with E-state index in [0.717, 1.165) is 13.1 Å². The molecule has 0 aliphatic heterocycles. The van der Waals surface area contributed by atoms with E-state index >= 15 is 0 Å². The number of rotatable bonds is 6. The zero-order valence-electron chi connectivity index (χ0n) is 10.6. The Morgan fingerprint density at radius 3 is 2.74 bits per heavy atom. The summed E-state index contributed by atoms with van der Waals surface area (Å²) in [5.74, 6) is 0.621. The largest absolute Gasteiger partial charge is 0.486 e. The number of thiophene rings is 1. The van der Waals surface area contributed by atoms with Crippen LogP contribution in [-0.4, -0.2) is 6.54 Å². The topological polar surface area (TPSA) is 21.3 Å². The molecule has 2 rings (SSSR count). The van der Waals surface area contributed by atoms with E-state index in [2.05, 4.69) is 24.4 Å². The lowest BCUT2D eigenvalue weighted by molar-refractivity contribution is 0.310. The molecule has 0 aliphatic rings. The smallest absolute Gasteiger partial charge is 0.139 e. The van der Waals surface area contributed by atoms with Gasteiger partial charge in [0.25, 0.3) is 0 Å². The molecule has 0 aliphatic carbocycles. The van der Waals surface area contributed by atoms with Gasteiger partial charge in [-0.2, -0.15) is 0 Å². The van der Waals surface area contributed by atoms with Gasteiger partial charge in [0.1, 0.15) is 12.4 Å². The molecule has 5 heteroatoms. The number of hydrogen-bond acceptors (Lipinski definition) is 3. The summed E-state index contributed by atoms with van der Waals surface area (Å²) in [4.78, 5) is 2.47. The van der Waals surface area contributed by atoms with Gasteiger partial charge in [0.2, 0.25) is 0 Å². The Balaban J connectivity index is 1.94. The van der Waals surface area contributed by atoms with Crippen molar-refractivity contribution in [2.45, 2.75) is 20.1 Å². The maximum absolute atomic E-state index is 6.05. The lowest BCUT2D eigenvalue weighted by atomic mass is 10.3. The van der Waals surface area contributed by atoms with Gasteiger partial charge in [-0.15, -0.1) is 11.3 Å². The number of ether oxygens (including phenoxy) is 1. The molecule has 0 spiro atoms. The van der Waals surface area contributed by atoms with Crippen molar-refractivity contribution in [1.29, 1.82) is 0 Å². The molecule has 2 aromatic rings. The third kappa shape index (κ3) is 4.39. The predicted octanol–water partition coefficient (Wildman–Crippen LogP) is 4.74. The van der Waals surface area contributed by atoms with Crippen LogP contribution in [0, 0.1) is 0 Å². The summed E-state index contributed by atoms with van der Waals surface area (Å²) in [5.41, 5.74) is 0. The normalized spacial score (nSPS) is 10.7. The fourth-order valence-corrected chi connectivity index (χ4v) is 2.82. The first-order valence-corrected chi connectivity index (χ1v) is 7.62. The third-order valence-electron chi connectivity index (χ3n) is 2.53. The van der Waals surface area contributed by atoms with Crippen molar-refractivity contribution < 1.29 is 4.74 Å². The third-order valence-corrected chi connectivity index (χ3v) is 4.14. The minimum Gasteiger partial charge on any atom is -0.486 e. The van der Waals surface area contributed by atoms with Crippen LogP contribution in [0.15, 0.2) is 30.3 Å². The van der Waals surface area contributed by atoms with Crippen molar-refractivity contribution in [3.8, 4) is 5.75 Å². The monoisotopic (exact) mass is 315 g/mol. The average Bonchev–Trinajstić information content (AvgIpc) is 2.85. The number of benzene rings is 1. The summed E-state index contributed by atoms with van der Waals surface area (Å²) in [7, 11) is 0. The van der Waals surface area contributed by atoms with Crippen LogP contribution in [0.2, 0.25) is 10.0 Å². The fraction of sp³-hybridized carbons (Fsp3) is 0.286. The van der Waals surface area contributed by atoms with E-state index < -0.39 is 0 Å². The second-order valence-electron chi connectivity index (χ2n) is 4.01. The second-order valence-corrected chi connectivity index (χ2v) is 6.11. The first kappa shape index (κ1) is 14.7. The summed E-state index contributed by atoms with van der Waals surface area (Å²) < 4.78 is 5.70. The SMILES string of the molecule is CCNCc1ccc(COc2cc(Cl)ccc2Cl)s1. The molecule has 0 saturated carbocycles. The number of hydrogen-bond donors (Lipinski definition) is 1. The van der Waals surface area contributed by atoms with Crippen LogP contribution < -0.4 is 10.1 Å². The second kappa shape index (κ2) is 7.15. The molecule has 0 atom stereocenters. The maximum Gasteiger partial charge on any atom is 0.139 e. The summed E-state index contributed by atoms with van der Waals surface area (Å²) in [6.45, 7) is 4.48. The summed E-state index contributed by atoms with van der Waals surface area (Å²) in [6, 6.07) is 9.42. The van der Waals surface area contributed by atoms with E-state index in [4.69, 9.17) is 27.9 Å². The van der Waals surface area contributed by atoms with Crippen molar-refractivity contribution in [3.63, 3.8) is 0 Å². The average molecular weight is 316 g/mol. The zero-order valence-corrected chi connectivity index (χ0v) is 12.9. The summed E-state index contributed by atoms with van der Waals surface area (Å²) >= 11 is 13.7. The molecule has 0 unspecified atom stereocenters. The van der Waals surface area contributed by atoms with Crippen molar-refractivity contribution in [1.82, 2.24) is 5.32 Å². The number of nitrogens with one attached hydrogen (secondary N) is 1. The number of halogens is 2. The lowest BCUT2D eigenvalue weighted by Gasteiger charge is -2.07. The molecule has 1 N–H and O–H groups in total. The maximum atomic E-state index is 6.05. The van der Waals surface area contributed by atoms with Crippen molar-refractivity contribution >= 4 is 34.5 Å². The molecule has 2 nitrogen and oxygen atoms in total. The van der Waals surface area contributed by atoms with Crippen LogP contribution in [-0.2, 0) is 13.2 Å². The van der Waals surface area contributed by atoms with E-state index in [0.29, 0.717) is 22.4 Å². The van der Waals surface area contributed by atoms with Crippen LogP contribution in [0.4, 0.5) is 0 Å².